The van der Waals surface area contributed by atoms with Crippen LogP contribution < -0.4 is 23.5 Å². The lowest BCUT2D eigenvalue weighted by Gasteiger charge is -2.18. The predicted octanol–water partition coefficient (Wildman–Crippen LogP) is 5.68. The summed E-state index contributed by atoms with van der Waals surface area (Å²) in [4.78, 5) is 13.0. The van der Waals surface area contributed by atoms with Crippen molar-refractivity contribution >= 4 is 50.8 Å². The lowest BCUT2D eigenvalue weighted by atomic mass is 9.93. The van der Waals surface area contributed by atoms with Crippen LogP contribution in [-0.2, 0) is 13.0 Å². The minimum atomic E-state index is -0.414. The quantitative estimate of drug-likeness (QED) is 0.138. The standard InChI is InChI=1S/C29H22NO5.ClH/c1-16-3-5-17(6-4-16)29(31)35-28-22-14-30-12-11-18-13-24-27(34-15-33-24)21-8-7-20(26(30)25(18)21)19(22)9-10-23(28)32-2;/h3-10,13-14H,11-12,15H2,1-2H3;1H/q+1;. The molecule has 0 saturated carbocycles. The van der Waals surface area contributed by atoms with Gasteiger partial charge in [-0.3, -0.25) is 0 Å². The Bertz CT molecular complexity index is 1710. The molecule has 7 rings (SSSR count). The molecule has 0 bridgehead atoms. The van der Waals surface area contributed by atoms with Crippen LogP contribution in [0, 0.1) is 6.92 Å². The van der Waals surface area contributed by atoms with Crippen molar-refractivity contribution in [3.05, 3.63) is 77.5 Å². The van der Waals surface area contributed by atoms with Gasteiger partial charge in [-0.05, 0) is 55.0 Å². The van der Waals surface area contributed by atoms with Crippen LogP contribution in [0.4, 0.5) is 0 Å². The van der Waals surface area contributed by atoms with Gasteiger partial charge in [0.1, 0.15) is 0 Å². The van der Waals surface area contributed by atoms with Crippen LogP contribution in [0.1, 0.15) is 21.5 Å². The van der Waals surface area contributed by atoms with Crippen molar-refractivity contribution in [2.75, 3.05) is 13.9 Å². The summed E-state index contributed by atoms with van der Waals surface area (Å²) in [6.07, 6.45) is 2.95. The monoisotopic (exact) mass is 500 g/mol. The molecule has 6 nitrogen and oxygen atoms in total. The maximum atomic E-state index is 13.0. The zero-order valence-electron chi connectivity index (χ0n) is 19.8. The Morgan fingerprint density at radius 3 is 2.53 bits per heavy atom. The van der Waals surface area contributed by atoms with E-state index < -0.39 is 5.97 Å². The van der Waals surface area contributed by atoms with Gasteiger partial charge < -0.3 is 18.9 Å². The van der Waals surface area contributed by atoms with Gasteiger partial charge in [0.2, 0.25) is 12.3 Å². The van der Waals surface area contributed by atoms with Crippen LogP contribution >= 0.6 is 12.4 Å². The summed E-state index contributed by atoms with van der Waals surface area (Å²) in [7, 11) is 1.59. The number of halogens is 1. The van der Waals surface area contributed by atoms with Crippen molar-refractivity contribution in [2.24, 2.45) is 0 Å². The van der Waals surface area contributed by atoms with E-state index in [1.807, 2.05) is 31.2 Å². The second-order valence-corrected chi connectivity index (χ2v) is 9.04. The second-order valence-electron chi connectivity index (χ2n) is 9.04. The number of benzene rings is 4. The highest BCUT2D eigenvalue weighted by molar-refractivity contribution is 6.17. The average molecular weight is 501 g/mol. The number of esters is 1. The van der Waals surface area contributed by atoms with E-state index in [4.69, 9.17) is 18.9 Å². The number of pyridine rings is 1. The van der Waals surface area contributed by atoms with E-state index in [1.165, 1.54) is 10.9 Å². The van der Waals surface area contributed by atoms with Crippen LogP contribution in [0.2, 0.25) is 0 Å². The molecular formula is C29H23ClNO5+. The predicted molar refractivity (Wildman–Crippen MR) is 139 cm³/mol. The summed E-state index contributed by atoms with van der Waals surface area (Å²) in [6, 6.07) is 17.6. The topological polar surface area (TPSA) is 57.9 Å². The Labute approximate surface area is 213 Å². The van der Waals surface area contributed by atoms with Crippen LogP contribution in [0.5, 0.6) is 23.0 Å². The molecular weight excluding hydrogens is 478 g/mol. The number of aromatic nitrogens is 1. The first-order valence-electron chi connectivity index (χ1n) is 11.6. The highest BCUT2D eigenvalue weighted by atomic mass is 35.5. The summed E-state index contributed by atoms with van der Waals surface area (Å²) < 4.78 is 25.3. The molecule has 0 atom stereocenters. The van der Waals surface area contributed by atoms with Gasteiger partial charge in [0.05, 0.1) is 28.8 Å². The third-order valence-electron chi connectivity index (χ3n) is 7.04. The van der Waals surface area contributed by atoms with Crippen molar-refractivity contribution < 1.29 is 28.3 Å². The number of hydrogen-bond acceptors (Lipinski definition) is 5. The lowest BCUT2D eigenvalue weighted by Crippen LogP contribution is -2.38. The van der Waals surface area contributed by atoms with Crippen LogP contribution in [0.3, 0.4) is 0 Å². The molecule has 0 saturated heterocycles. The summed E-state index contributed by atoms with van der Waals surface area (Å²) >= 11 is 0. The Morgan fingerprint density at radius 1 is 0.944 bits per heavy atom. The molecule has 7 heteroatoms. The minimum Gasteiger partial charge on any atom is -0.493 e. The molecule has 180 valence electrons. The highest BCUT2D eigenvalue weighted by Crippen LogP contribution is 2.46. The first-order chi connectivity index (χ1) is 17.1. The van der Waals surface area contributed by atoms with E-state index in [1.54, 1.807) is 19.2 Å². The van der Waals surface area contributed by atoms with Gasteiger partial charge in [-0.2, -0.15) is 4.57 Å². The van der Waals surface area contributed by atoms with Gasteiger partial charge in [0.25, 0.3) is 0 Å². The first kappa shape index (κ1) is 22.4. The molecule has 0 aliphatic carbocycles. The van der Waals surface area contributed by atoms with Crippen molar-refractivity contribution in [3.63, 3.8) is 0 Å². The smallest absolute Gasteiger partial charge is 0.343 e. The fourth-order valence-electron chi connectivity index (χ4n) is 5.34. The molecule has 4 aromatic carbocycles. The fourth-order valence-corrected chi connectivity index (χ4v) is 5.34. The molecule has 0 radical (unpaired) electrons. The van der Waals surface area contributed by atoms with Crippen LogP contribution in [0.15, 0.2) is 60.8 Å². The van der Waals surface area contributed by atoms with Crippen molar-refractivity contribution in [1.82, 2.24) is 0 Å². The van der Waals surface area contributed by atoms with Gasteiger partial charge in [-0.1, -0.05) is 17.7 Å². The third-order valence-corrected chi connectivity index (χ3v) is 7.04. The summed E-state index contributed by atoms with van der Waals surface area (Å²) in [6.45, 7) is 3.04. The largest absolute Gasteiger partial charge is 0.493 e. The minimum absolute atomic E-state index is 0. The normalized spacial score (nSPS) is 13.3. The number of aryl methyl sites for hydroxylation is 3. The molecule has 0 fully saturated rings. The van der Waals surface area contributed by atoms with E-state index in [0.29, 0.717) is 17.1 Å². The number of ether oxygens (including phenoxy) is 4. The van der Waals surface area contributed by atoms with Gasteiger partial charge in [0.15, 0.2) is 35.7 Å². The van der Waals surface area contributed by atoms with Gasteiger partial charge >= 0.3 is 5.97 Å². The van der Waals surface area contributed by atoms with Crippen LogP contribution in [-0.4, -0.2) is 19.9 Å². The lowest BCUT2D eigenvalue weighted by molar-refractivity contribution is -0.670. The molecule has 0 spiro atoms. The van der Waals surface area contributed by atoms with Crippen LogP contribution in [0.25, 0.3) is 32.4 Å². The number of carbonyl (C=O) groups excluding carboxylic acids is 1. The Kier molecular flexibility index (Phi) is 5.16. The maximum Gasteiger partial charge on any atom is 0.343 e. The number of fused-ring (bicyclic) bond motifs is 4. The SMILES string of the molecule is COc1ccc2c(c[n+]3c4c2ccc2c5c(cc(c24)CC3)OCO5)c1OC(=O)c1ccc(C)cc1.Cl. The number of nitrogens with zero attached hydrogens (tertiary/aromatic N) is 1. The van der Waals surface area contributed by atoms with E-state index >= 15 is 0 Å². The molecule has 5 aromatic rings. The zero-order valence-corrected chi connectivity index (χ0v) is 20.6. The molecule has 2 aliphatic rings. The second kappa shape index (κ2) is 8.28. The fraction of sp³-hybridized carbons (Fsp3) is 0.172. The average Bonchev–Trinajstić information content (AvgIpc) is 3.36. The van der Waals surface area contributed by atoms with Gasteiger partial charge in [0, 0.05) is 17.2 Å². The molecule has 0 amide bonds. The Hall–Kier alpha value is -4.03. The van der Waals surface area contributed by atoms with Crippen molar-refractivity contribution in [2.45, 2.75) is 19.9 Å². The van der Waals surface area contributed by atoms with Crippen molar-refractivity contribution in [1.29, 1.82) is 0 Å². The molecule has 36 heavy (non-hydrogen) atoms. The third kappa shape index (κ3) is 3.18. The van der Waals surface area contributed by atoms with E-state index in [2.05, 4.69) is 29.0 Å². The highest BCUT2D eigenvalue weighted by Gasteiger charge is 2.30. The van der Waals surface area contributed by atoms with E-state index in [9.17, 15) is 4.79 Å². The van der Waals surface area contributed by atoms with Gasteiger partial charge in [-0.15, -0.1) is 12.4 Å². The van der Waals surface area contributed by atoms with E-state index in [0.717, 1.165) is 57.1 Å². The van der Waals surface area contributed by atoms with E-state index in [-0.39, 0.29) is 19.2 Å². The maximum absolute atomic E-state index is 13.0. The van der Waals surface area contributed by atoms with Gasteiger partial charge in [-0.25, -0.2) is 4.79 Å². The number of hydrogen-bond donors (Lipinski definition) is 0. The Balaban J connectivity index is 0.00000240. The number of methoxy groups -OCH3 is 1. The molecule has 0 unspecified atom stereocenters. The molecule has 2 aliphatic heterocycles. The summed E-state index contributed by atoms with van der Waals surface area (Å²) in [5.41, 5.74) is 3.99. The Morgan fingerprint density at radius 2 is 1.72 bits per heavy atom. The first-order valence-corrected chi connectivity index (χ1v) is 11.6. The number of rotatable bonds is 3. The number of carbonyl (C=O) groups is 1. The zero-order chi connectivity index (χ0) is 23.7. The molecule has 3 heterocycles. The molecule has 0 N–H and O–H groups in total. The van der Waals surface area contributed by atoms with Crippen molar-refractivity contribution in [3.8, 4) is 23.0 Å². The summed E-state index contributed by atoms with van der Waals surface area (Å²) in [5, 5.41) is 5.17. The molecule has 1 aromatic heterocycles. The summed E-state index contributed by atoms with van der Waals surface area (Å²) in [5.74, 6) is 2.16.